The van der Waals surface area contributed by atoms with E-state index in [9.17, 15) is 18.3 Å². The van der Waals surface area contributed by atoms with Gasteiger partial charge < -0.3 is 10.4 Å². The molecule has 2 N–H and O–H groups in total. The average molecular weight is 491 g/mol. The molecule has 0 spiro atoms. The largest absolute Gasteiger partial charge is 0.508 e. The maximum atomic E-state index is 15.6. The number of anilines is 1. The molecule has 4 rings (SSSR count). The zero-order valence-electron chi connectivity index (χ0n) is 19.1. The molecule has 0 fully saturated rings. The Morgan fingerprint density at radius 1 is 1.26 bits per heavy atom. The summed E-state index contributed by atoms with van der Waals surface area (Å²) in [6.45, 7) is 2.95. The quantitative estimate of drug-likeness (QED) is 0.317. The van der Waals surface area contributed by atoms with Gasteiger partial charge in [-0.05, 0) is 68.5 Å². The third kappa shape index (κ3) is 4.50. The SMILES string of the molecule is CSCCC(C)(C(Nc1cccc2nc(C)ccc12)C1C#CC(C2=CC2)=C(O)C1F)C(F)(F)F. The summed E-state index contributed by atoms with van der Waals surface area (Å²) in [6, 6.07) is 7.26. The van der Waals surface area contributed by atoms with Crippen molar-refractivity contribution in [1.29, 1.82) is 0 Å². The molecule has 4 unspecified atom stereocenters. The van der Waals surface area contributed by atoms with Gasteiger partial charge in [0.1, 0.15) is 5.76 Å². The molecule has 0 saturated heterocycles. The Kier molecular flexibility index (Phi) is 6.61. The van der Waals surface area contributed by atoms with Gasteiger partial charge >= 0.3 is 6.18 Å². The number of allylic oxidation sites excluding steroid dienone is 4. The second-order valence-electron chi connectivity index (χ2n) is 9.00. The minimum absolute atomic E-state index is 0.199. The van der Waals surface area contributed by atoms with Gasteiger partial charge in [0.05, 0.1) is 28.5 Å². The number of aromatic nitrogens is 1. The number of halogens is 4. The van der Waals surface area contributed by atoms with Crippen LogP contribution in [0.15, 0.2) is 53.3 Å². The van der Waals surface area contributed by atoms with E-state index in [0.717, 1.165) is 18.2 Å². The van der Waals surface area contributed by atoms with E-state index >= 15 is 4.39 Å². The topological polar surface area (TPSA) is 45.2 Å². The van der Waals surface area contributed by atoms with Gasteiger partial charge in [-0.25, -0.2) is 4.39 Å². The van der Waals surface area contributed by atoms with Gasteiger partial charge in [-0.2, -0.15) is 24.9 Å². The standard InChI is InChI=1S/C26H26F4N2OS/c1-15-7-10-18-20(31-15)5-4-6-21(18)32-24(25(2,13-14-34-3)26(28,29)30)19-12-11-17(16-8-9-16)23(33)22(19)27/h4-8,10,19,22,24,32-33H,9,13-14H2,1-3H3. The Morgan fingerprint density at radius 3 is 2.65 bits per heavy atom. The molecule has 4 atom stereocenters. The van der Waals surface area contributed by atoms with E-state index in [-0.39, 0.29) is 17.7 Å². The van der Waals surface area contributed by atoms with E-state index < -0.39 is 35.5 Å². The molecule has 0 aliphatic heterocycles. The highest BCUT2D eigenvalue weighted by Crippen LogP contribution is 2.49. The van der Waals surface area contributed by atoms with Crippen LogP contribution in [-0.2, 0) is 0 Å². The van der Waals surface area contributed by atoms with Crippen molar-refractivity contribution >= 4 is 28.4 Å². The van der Waals surface area contributed by atoms with Gasteiger partial charge in [0.2, 0.25) is 0 Å². The average Bonchev–Trinajstić information content (AvgIpc) is 3.62. The number of pyridine rings is 1. The van der Waals surface area contributed by atoms with Crippen LogP contribution in [0, 0.1) is 30.1 Å². The molecule has 3 nitrogen and oxygen atoms in total. The van der Waals surface area contributed by atoms with Gasteiger partial charge in [0.25, 0.3) is 0 Å². The smallest absolute Gasteiger partial charge is 0.396 e. The molecule has 8 heteroatoms. The van der Waals surface area contributed by atoms with Crippen LogP contribution in [0.5, 0.6) is 0 Å². The van der Waals surface area contributed by atoms with E-state index in [1.807, 2.05) is 6.92 Å². The number of aryl methyl sites for hydroxylation is 1. The summed E-state index contributed by atoms with van der Waals surface area (Å²) in [5, 5.41) is 14.2. The van der Waals surface area contributed by atoms with Crippen molar-refractivity contribution in [3.05, 3.63) is 59.0 Å². The first-order valence-corrected chi connectivity index (χ1v) is 12.4. The molecule has 1 aromatic heterocycles. The first kappa shape index (κ1) is 24.5. The van der Waals surface area contributed by atoms with Crippen molar-refractivity contribution < 1.29 is 22.7 Å². The van der Waals surface area contributed by atoms with E-state index in [2.05, 4.69) is 22.1 Å². The summed E-state index contributed by atoms with van der Waals surface area (Å²) in [5.74, 6) is 3.74. The minimum Gasteiger partial charge on any atom is -0.508 e. The second kappa shape index (κ2) is 9.18. The van der Waals surface area contributed by atoms with Gasteiger partial charge in [-0.15, -0.1) is 0 Å². The van der Waals surface area contributed by atoms with Gasteiger partial charge in [0.15, 0.2) is 6.17 Å². The number of nitrogens with one attached hydrogen (secondary N) is 1. The van der Waals surface area contributed by atoms with Crippen LogP contribution in [0.3, 0.4) is 0 Å². The number of aliphatic hydroxyl groups is 1. The van der Waals surface area contributed by atoms with Crippen molar-refractivity contribution in [3.8, 4) is 11.8 Å². The lowest BCUT2D eigenvalue weighted by Crippen LogP contribution is -2.55. The summed E-state index contributed by atoms with van der Waals surface area (Å²) < 4.78 is 59.5. The van der Waals surface area contributed by atoms with Crippen molar-refractivity contribution in [2.24, 2.45) is 11.3 Å². The number of fused-ring (bicyclic) bond motifs is 1. The number of alkyl halides is 4. The van der Waals surface area contributed by atoms with Crippen LogP contribution in [-0.4, -0.2) is 40.5 Å². The van der Waals surface area contributed by atoms with E-state index in [0.29, 0.717) is 23.0 Å². The summed E-state index contributed by atoms with van der Waals surface area (Å²) in [6.07, 6.45) is -2.78. The number of hydrogen-bond donors (Lipinski definition) is 2. The van der Waals surface area contributed by atoms with Crippen LogP contribution in [0.1, 0.15) is 25.5 Å². The van der Waals surface area contributed by atoms with Crippen LogP contribution in [0.4, 0.5) is 23.2 Å². The van der Waals surface area contributed by atoms with Gasteiger partial charge in [-0.1, -0.05) is 24.0 Å². The lowest BCUT2D eigenvalue weighted by Gasteiger charge is -2.44. The molecule has 180 valence electrons. The zero-order chi connectivity index (χ0) is 24.7. The minimum atomic E-state index is -4.64. The van der Waals surface area contributed by atoms with Crippen LogP contribution in [0.25, 0.3) is 10.9 Å². The highest BCUT2D eigenvalue weighted by atomic mass is 32.2. The Morgan fingerprint density at radius 2 is 2.00 bits per heavy atom. The molecule has 2 aromatic rings. The van der Waals surface area contributed by atoms with E-state index in [1.54, 1.807) is 42.7 Å². The number of thioether (sulfide) groups is 1. The number of rotatable bonds is 8. The number of nitrogens with zero attached hydrogens (tertiary/aromatic N) is 1. The maximum Gasteiger partial charge on any atom is 0.396 e. The Balaban J connectivity index is 1.82. The number of hydrogen-bond acceptors (Lipinski definition) is 4. The molecule has 1 aromatic carbocycles. The van der Waals surface area contributed by atoms with Crippen LogP contribution >= 0.6 is 11.8 Å². The summed E-state index contributed by atoms with van der Waals surface area (Å²) in [7, 11) is 0. The molecule has 2 aliphatic carbocycles. The Hall–Kier alpha value is -2.66. The molecular formula is C26H26F4N2OS. The van der Waals surface area contributed by atoms with E-state index in [4.69, 9.17) is 0 Å². The lowest BCUT2D eigenvalue weighted by molar-refractivity contribution is -0.227. The number of aliphatic hydroxyl groups excluding tert-OH is 1. The van der Waals surface area contributed by atoms with Crippen molar-refractivity contribution in [2.45, 2.75) is 45.1 Å². The van der Waals surface area contributed by atoms with Gasteiger partial charge in [-0.3, -0.25) is 4.98 Å². The highest BCUT2D eigenvalue weighted by molar-refractivity contribution is 7.98. The van der Waals surface area contributed by atoms with Crippen molar-refractivity contribution in [3.63, 3.8) is 0 Å². The summed E-state index contributed by atoms with van der Waals surface area (Å²) >= 11 is 1.30. The molecule has 0 radical (unpaired) electrons. The summed E-state index contributed by atoms with van der Waals surface area (Å²) in [5.41, 5.74) is 0.440. The third-order valence-electron chi connectivity index (χ3n) is 6.63. The fourth-order valence-corrected chi connectivity index (χ4v) is 4.96. The molecule has 1 heterocycles. The normalized spacial score (nSPS) is 22.5. The molecule has 0 bridgehead atoms. The Labute approximate surface area is 200 Å². The fourth-order valence-electron chi connectivity index (χ4n) is 4.34. The molecule has 34 heavy (non-hydrogen) atoms. The van der Waals surface area contributed by atoms with Crippen molar-refractivity contribution in [2.75, 3.05) is 17.3 Å². The second-order valence-corrected chi connectivity index (χ2v) is 9.98. The van der Waals surface area contributed by atoms with Crippen LogP contribution < -0.4 is 5.32 Å². The van der Waals surface area contributed by atoms with Crippen LogP contribution in [0.2, 0.25) is 0 Å². The maximum absolute atomic E-state index is 15.6. The predicted molar refractivity (Wildman–Crippen MR) is 130 cm³/mol. The molecular weight excluding hydrogens is 464 g/mol. The first-order valence-electron chi connectivity index (χ1n) is 11.0. The lowest BCUT2D eigenvalue weighted by atomic mass is 9.70. The summed E-state index contributed by atoms with van der Waals surface area (Å²) in [4.78, 5) is 4.46. The van der Waals surface area contributed by atoms with Gasteiger partial charge in [0, 0.05) is 16.8 Å². The predicted octanol–water partition coefficient (Wildman–Crippen LogP) is 6.76. The zero-order valence-corrected chi connectivity index (χ0v) is 19.9. The molecule has 2 aliphatic rings. The highest BCUT2D eigenvalue weighted by Gasteiger charge is 2.59. The first-order chi connectivity index (χ1) is 16.1. The van der Waals surface area contributed by atoms with Crippen molar-refractivity contribution in [1.82, 2.24) is 4.98 Å². The molecule has 0 saturated carbocycles. The monoisotopic (exact) mass is 490 g/mol. The fraction of sp³-hybridized carbons (Fsp3) is 0.423. The Bertz CT molecular complexity index is 1230. The molecule has 0 amide bonds. The third-order valence-corrected chi connectivity index (χ3v) is 7.24. The number of benzene rings is 1. The van der Waals surface area contributed by atoms with E-state index in [1.165, 1.54) is 11.8 Å².